The van der Waals surface area contributed by atoms with Crippen molar-refractivity contribution in [2.45, 2.75) is 128 Å². The van der Waals surface area contributed by atoms with Gasteiger partial charge in [-0.25, -0.2) is 0 Å². The molecule has 3 nitrogen and oxygen atoms in total. The molecule has 3 fully saturated rings. The maximum atomic E-state index is 6.27. The predicted molar refractivity (Wildman–Crippen MR) is 280 cm³/mol. The quantitative estimate of drug-likeness (QED) is 0.101. The van der Waals surface area contributed by atoms with E-state index in [1.807, 2.05) is 18.3 Å². The molecule has 0 atom stereocenters. The van der Waals surface area contributed by atoms with E-state index in [4.69, 9.17) is 14.4 Å². The molecule has 11 rings (SSSR count). The van der Waals surface area contributed by atoms with Crippen molar-refractivity contribution < 1.29 is 24.5 Å². The average molecular weight is 1080 g/mol. The van der Waals surface area contributed by atoms with Gasteiger partial charge in [0.25, 0.3) is 0 Å². The van der Waals surface area contributed by atoms with Crippen LogP contribution in [0.25, 0.3) is 66.7 Å². The van der Waals surface area contributed by atoms with Crippen molar-refractivity contribution in [1.29, 1.82) is 0 Å². The molecule has 5 aromatic carbocycles. The first-order valence-electron chi connectivity index (χ1n) is 25.3. The summed E-state index contributed by atoms with van der Waals surface area (Å²) in [6.45, 7) is 7.38. The fourth-order valence-electron chi connectivity index (χ4n) is 11.3. The maximum Gasteiger partial charge on any atom is 0.121 e. The molecular formula is C62H66IrN2OSi-2. The summed E-state index contributed by atoms with van der Waals surface area (Å²) < 4.78 is 6.27. The minimum Gasteiger partial charge on any atom is -0.500 e. The van der Waals surface area contributed by atoms with E-state index in [-0.39, 0.29) is 20.1 Å². The summed E-state index contributed by atoms with van der Waals surface area (Å²) in [4.78, 5) is 9.64. The molecule has 3 aliphatic carbocycles. The normalized spacial score (nSPS) is 16.2. The summed E-state index contributed by atoms with van der Waals surface area (Å²) in [6, 6.07) is 50.4. The Morgan fingerprint density at radius 2 is 1.18 bits per heavy atom. The van der Waals surface area contributed by atoms with Gasteiger partial charge < -0.3 is 14.4 Å². The second-order valence-corrected chi connectivity index (χ2v) is 25.9. The largest absolute Gasteiger partial charge is 0.500 e. The number of hydrogen-bond acceptors (Lipinski definition) is 3. The first-order valence-corrected chi connectivity index (χ1v) is 28.8. The van der Waals surface area contributed by atoms with E-state index in [1.165, 1.54) is 130 Å². The van der Waals surface area contributed by atoms with Crippen molar-refractivity contribution in [2.24, 2.45) is 11.8 Å². The zero-order valence-corrected chi connectivity index (χ0v) is 43.3. The number of fused-ring (bicyclic) bond motifs is 3. The zero-order valence-electron chi connectivity index (χ0n) is 39.9. The molecule has 0 aliphatic heterocycles. The average Bonchev–Trinajstić information content (AvgIpc) is 4.04. The van der Waals surface area contributed by atoms with Gasteiger partial charge in [0, 0.05) is 37.9 Å². The third-order valence-corrected chi connectivity index (χ3v) is 17.1. The van der Waals surface area contributed by atoms with Crippen molar-refractivity contribution in [3.63, 3.8) is 0 Å². The van der Waals surface area contributed by atoms with Crippen LogP contribution in [0.5, 0.6) is 0 Å². The number of furan rings is 1. The molecule has 0 spiro atoms. The van der Waals surface area contributed by atoms with Crippen LogP contribution in [0, 0.1) is 24.0 Å². The second kappa shape index (κ2) is 21.6. The molecule has 0 amide bonds. The second-order valence-electron chi connectivity index (χ2n) is 20.8. The molecule has 8 aromatic rings. The van der Waals surface area contributed by atoms with E-state index in [1.54, 1.807) is 10.8 Å². The third-order valence-electron chi connectivity index (χ3n) is 15.0. The van der Waals surface area contributed by atoms with Gasteiger partial charge in [-0.05, 0) is 94.4 Å². The van der Waals surface area contributed by atoms with Crippen molar-refractivity contribution >= 4 is 35.2 Å². The topological polar surface area (TPSA) is 38.9 Å². The summed E-state index contributed by atoms with van der Waals surface area (Å²) in [5.41, 5.74) is 15.3. The van der Waals surface area contributed by atoms with Gasteiger partial charge in [-0.1, -0.05) is 192 Å². The summed E-state index contributed by atoms with van der Waals surface area (Å²) in [5.74, 6) is 2.43. The zero-order chi connectivity index (χ0) is 44.9. The smallest absolute Gasteiger partial charge is 0.121 e. The minimum atomic E-state index is -1.39. The Balaban J connectivity index is 0.000000173. The number of nitrogens with zero attached hydrogens (tertiary/aromatic N) is 2. The molecule has 3 aliphatic rings. The molecule has 3 saturated carbocycles. The molecule has 5 heteroatoms. The van der Waals surface area contributed by atoms with Gasteiger partial charge in [0.05, 0.1) is 13.7 Å². The number of rotatable bonds is 10. The van der Waals surface area contributed by atoms with Crippen molar-refractivity contribution in [1.82, 2.24) is 9.97 Å². The minimum absolute atomic E-state index is 0. The summed E-state index contributed by atoms with van der Waals surface area (Å²) in [5, 5.41) is 3.80. The Kier molecular flexibility index (Phi) is 15.2. The van der Waals surface area contributed by atoms with Crippen LogP contribution in [-0.2, 0) is 32.9 Å². The SMILES string of the molecule is C[Si](C)(C)c1cnc(-c2[c-]ccc(C3CCCC3)c2)cc1CC1CCCCC1.[Ir].[c-]1cc2oc3cc(-c4ccc(-c5ccccc5)cc4)ccc3c2cc1-c1cc(CC2CCCCC2)ccn1. The maximum absolute atomic E-state index is 6.27. The van der Waals surface area contributed by atoms with E-state index in [2.05, 4.69) is 147 Å². The van der Waals surface area contributed by atoms with Gasteiger partial charge in [-0.15, -0.1) is 59.2 Å². The van der Waals surface area contributed by atoms with Gasteiger partial charge in [0.15, 0.2) is 0 Å². The van der Waals surface area contributed by atoms with Crippen LogP contribution in [0.3, 0.4) is 0 Å². The Hall–Kier alpha value is -4.93. The van der Waals surface area contributed by atoms with E-state index in [0.29, 0.717) is 0 Å². The summed E-state index contributed by atoms with van der Waals surface area (Å²) in [6.07, 6.45) is 26.0. The fourth-order valence-corrected chi connectivity index (χ4v) is 12.9. The predicted octanol–water partition coefficient (Wildman–Crippen LogP) is 16.8. The van der Waals surface area contributed by atoms with Crippen LogP contribution < -0.4 is 5.19 Å². The fraction of sp³-hybridized carbons (Fsp3) is 0.355. The van der Waals surface area contributed by atoms with Crippen LogP contribution in [0.1, 0.15) is 112 Å². The Labute approximate surface area is 414 Å². The van der Waals surface area contributed by atoms with Crippen molar-refractivity contribution in [3.05, 3.63) is 163 Å². The number of hydrogen-bond donors (Lipinski definition) is 0. The molecule has 0 bridgehead atoms. The molecule has 3 aromatic heterocycles. The van der Waals surface area contributed by atoms with Gasteiger partial charge in [-0.3, -0.25) is 0 Å². The Bertz CT molecular complexity index is 2880. The Morgan fingerprint density at radius 1 is 0.552 bits per heavy atom. The van der Waals surface area contributed by atoms with Gasteiger partial charge >= 0.3 is 0 Å². The molecule has 0 saturated heterocycles. The van der Waals surface area contributed by atoms with E-state index in [9.17, 15) is 0 Å². The molecule has 1 radical (unpaired) electrons. The molecule has 67 heavy (non-hydrogen) atoms. The first-order chi connectivity index (χ1) is 32.3. The number of aromatic nitrogens is 2. The van der Waals surface area contributed by atoms with E-state index < -0.39 is 8.07 Å². The van der Waals surface area contributed by atoms with Crippen LogP contribution in [0.4, 0.5) is 0 Å². The molecule has 345 valence electrons. The first kappa shape index (κ1) is 47.1. The van der Waals surface area contributed by atoms with Gasteiger partial charge in [0.1, 0.15) is 5.58 Å². The Morgan fingerprint density at radius 3 is 1.90 bits per heavy atom. The van der Waals surface area contributed by atoms with E-state index in [0.717, 1.165) is 68.6 Å². The summed E-state index contributed by atoms with van der Waals surface area (Å²) >= 11 is 0. The monoisotopic (exact) mass is 1080 g/mol. The van der Waals surface area contributed by atoms with Crippen LogP contribution in [-0.4, -0.2) is 18.0 Å². The van der Waals surface area contributed by atoms with Crippen LogP contribution in [0.15, 0.2) is 138 Å². The van der Waals surface area contributed by atoms with Crippen molar-refractivity contribution in [2.75, 3.05) is 0 Å². The molecule has 0 N–H and O–H groups in total. The number of benzene rings is 5. The molecule has 0 unspecified atom stereocenters. The van der Waals surface area contributed by atoms with Crippen LogP contribution in [0.2, 0.25) is 19.6 Å². The van der Waals surface area contributed by atoms with Crippen LogP contribution >= 0.6 is 0 Å². The van der Waals surface area contributed by atoms with Crippen molar-refractivity contribution in [3.8, 4) is 44.8 Å². The van der Waals surface area contributed by atoms with Gasteiger partial charge in [-0.2, -0.15) is 0 Å². The third kappa shape index (κ3) is 11.3. The standard InChI is InChI=1S/C36H30NO.C26H36NSi.Ir/c1-3-7-25(8-4-1)21-26-19-20-37-34(22-26)31-16-18-35-33(23-31)32-17-15-30(24-36(32)38-35)29-13-11-28(12-14-29)27-9-5-2-6-10-27;1-28(2,3)26-19-27-25(18-24(26)16-20-10-5-4-6-11-20)23-15-9-14-22(17-23)21-12-7-8-13-21;/h2,5-6,9-15,17-20,22-25H,1,3-4,7-8,21H2;9,14,17-21H,4-8,10-13,16H2,1-3H3;/q2*-1;. The molecular weight excluding hydrogens is 1010 g/mol. The number of pyridine rings is 2. The molecule has 3 heterocycles. The van der Waals surface area contributed by atoms with Gasteiger partial charge in [0.2, 0.25) is 0 Å². The summed E-state index contributed by atoms with van der Waals surface area (Å²) in [7, 11) is -1.39. The van der Waals surface area contributed by atoms with E-state index >= 15 is 0 Å².